The topological polar surface area (TPSA) is 141 Å². The van der Waals surface area contributed by atoms with Crippen molar-refractivity contribution >= 4 is 39.3 Å². The van der Waals surface area contributed by atoms with Crippen molar-refractivity contribution in [2.24, 2.45) is 0 Å². The molecule has 188 valence electrons. The monoisotopic (exact) mass is 523 g/mol. The van der Waals surface area contributed by atoms with Crippen LogP contribution in [0.2, 0.25) is 0 Å². The second kappa shape index (κ2) is 10.2. The summed E-state index contributed by atoms with van der Waals surface area (Å²) in [6, 6.07) is 15.2. The minimum atomic E-state index is -4.18. The number of sulfonamides is 1. The number of hydrogen-bond donors (Lipinski definition) is 0. The molecule has 0 radical (unpaired) electrons. The Hall–Kier alpha value is -4.55. The Morgan fingerprint density at radius 2 is 1.24 bits per heavy atom. The van der Waals surface area contributed by atoms with Crippen molar-refractivity contribution in [1.82, 2.24) is 4.31 Å². The van der Waals surface area contributed by atoms with Crippen LogP contribution in [0.25, 0.3) is 12.2 Å². The summed E-state index contributed by atoms with van der Waals surface area (Å²) in [5.74, 6) is -1.13. The largest absolute Gasteiger partial charge is 0.289 e. The van der Waals surface area contributed by atoms with E-state index in [4.69, 9.17) is 0 Å². The number of piperidine rings is 1. The summed E-state index contributed by atoms with van der Waals surface area (Å²) >= 11 is 0. The highest BCUT2D eigenvalue weighted by molar-refractivity contribution is 7.89. The summed E-state index contributed by atoms with van der Waals surface area (Å²) in [4.78, 5) is 34.3. The maximum absolute atomic E-state index is 13.4. The number of nitro groups is 2. The number of ketones is 1. The SMILES string of the molecule is O=C1/C(=C/c2cccc([N+](=O)[O-])c2)CN(S(=O)(=O)c2ccc(F)cc2)C/C1=C\c1cccc([N+](=O)[O-])c1. The van der Waals surface area contributed by atoms with Crippen LogP contribution in [-0.2, 0) is 14.8 Å². The van der Waals surface area contributed by atoms with Gasteiger partial charge in [0, 0.05) is 48.5 Å². The molecule has 0 saturated carbocycles. The van der Waals surface area contributed by atoms with Gasteiger partial charge in [0.25, 0.3) is 11.4 Å². The van der Waals surface area contributed by atoms with Gasteiger partial charge in [0.1, 0.15) is 5.82 Å². The number of halogens is 1. The number of hydrogen-bond acceptors (Lipinski definition) is 7. The molecule has 1 aliphatic rings. The molecule has 0 unspecified atom stereocenters. The molecule has 0 aromatic heterocycles. The van der Waals surface area contributed by atoms with Crippen LogP contribution in [0.15, 0.2) is 88.8 Å². The van der Waals surface area contributed by atoms with Crippen LogP contribution in [-0.4, -0.2) is 41.4 Å². The molecule has 1 fully saturated rings. The lowest BCUT2D eigenvalue weighted by molar-refractivity contribution is -0.385. The van der Waals surface area contributed by atoms with E-state index >= 15 is 0 Å². The lowest BCUT2D eigenvalue weighted by Crippen LogP contribution is -2.41. The number of rotatable bonds is 6. The van der Waals surface area contributed by atoms with E-state index < -0.39 is 31.5 Å². The zero-order valence-corrected chi connectivity index (χ0v) is 19.8. The molecule has 0 amide bonds. The first-order chi connectivity index (χ1) is 17.5. The van der Waals surface area contributed by atoms with Crippen molar-refractivity contribution in [2.75, 3.05) is 13.1 Å². The van der Waals surface area contributed by atoms with Crippen LogP contribution >= 0.6 is 0 Å². The summed E-state index contributed by atoms with van der Waals surface area (Å²) in [7, 11) is -4.18. The number of nitrogens with zero attached hydrogens (tertiary/aromatic N) is 3. The van der Waals surface area contributed by atoms with Gasteiger partial charge in [0.05, 0.1) is 14.7 Å². The second-order valence-electron chi connectivity index (χ2n) is 8.10. The van der Waals surface area contributed by atoms with E-state index in [1.54, 1.807) is 0 Å². The Balaban J connectivity index is 1.81. The van der Waals surface area contributed by atoms with Gasteiger partial charge >= 0.3 is 0 Å². The minimum Gasteiger partial charge on any atom is -0.289 e. The Morgan fingerprint density at radius 1 is 0.784 bits per heavy atom. The smallest absolute Gasteiger partial charge is 0.270 e. The maximum Gasteiger partial charge on any atom is 0.270 e. The van der Waals surface area contributed by atoms with Gasteiger partial charge in [-0.25, -0.2) is 12.8 Å². The zero-order chi connectivity index (χ0) is 26.7. The molecule has 1 heterocycles. The first-order valence-electron chi connectivity index (χ1n) is 10.7. The van der Waals surface area contributed by atoms with Crippen LogP contribution in [0.3, 0.4) is 0 Å². The standard InChI is InChI=1S/C25H18FN3O7S/c26-21-7-9-24(10-8-21)37(35,36)27-15-19(11-17-3-1-5-22(13-17)28(31)32)25(30)20(16-27)12-18-4-2-6-23(14-18)29(33)34/h1-14H,15-16H2/b19-11+,20-12+. The van der Waals surface area contributed by atoms with Gasteiger partial charge in [0.2, 0.25) is 10.0 Å². The first kappa shape index (κ1) is 25.5. The number of benzene rings is 3. The molecular weight excluding hydrogens is 505 g/mol. The van der Waals surface area contributed by atoms with Crippen molar-refractivity contribution in [3.8, 4) is 0 Å². The lowest BCUT2D eigenvalue weighted by atomic mass is 9.95. The van der Waals surface area contributed by atoms with E-state index in [9.17, 15) is 37.8 Å². The van der Waals surface area contributed by atoms with E-state index in [2.05, 4.69) is 0 Å². The summed E-state index contributed by atoms with van der Waals surface area (Å²) in [5, 5.41) is 22.3. The average Bonchev–Trinajstić information content (AvgIpc) is 2.87. The van der Waals surface area contributed by atoms with Gasteiger partial charge in [-0.2, -0.15) is 4.31 Å². The van der Waals surface area contributed by atoms with Crippen LogP contribution in [0, 0.1) is 26.0 Å². The third kappa shape index (κ3) is 5.66. The van der Waals surface area contributed by atoms with Crippen molar-refractivity contribution in [3.63, 3.8) is 0 Å². The average molecular weight is 523 g/mol. The fraction of sp³-hybridized carbons (Fsp3) is 0.0800. The minimum absolute atomic E-state index is 0.0362. The van der Waals surface area contributed by atoms with Crippen molar-refractivity contribution in [1.29, 1.82) is 0 Å². The molecule has 4 rings (SSSR count). The Morgan fingerprint density at radius 3 is 1.68 bits per heavy atom. The molecular formula is C25H18FN3O7S. The molecule has 37 heavy (non-hydrogen) atoms. The summed E-state index contributed by atoms with van der Waals surface area (Å²) in [5.41, 5.74) is 0.284. The molecule has 0 N–H and O–H groups in total. The fourth-order valence-corrected chi connectivity index (χ4v) is 5.19. The van der Waals surface area contributed by atoms with Gasteiger partial charge in [-0.1, -0.05) is 24.3 Å². The van der Waals surface area contributed by atoms with Crippen molar-refractivity contribution < 1.29 is 27.4 Å². The van der Waals surface area contributed by atoms with E-state index in [0.717, 1.165) is 28.6 Å². The summed E-state index contributed by atoms with van der Waals surface area (Å²) < 4.78 is 41.1. The van der Waals surface area contributed by atoms with Gasteiger partial charge in [-0.05, 0) is 47.5 Å². The molecule has 0 atom stereocenters. The van der Waals surface area contributed by atoms with Gasteiger partial charge in [-0.15, -0.1) is 0 Å². The van der Waals surface area contributed by atoms with Gasteiger partial charge in [0.15, 0.2) is 5.78 Å². The predicted octanol–water partition coefficient (Wildman–Crippen LogP) is 4.38. The second-order valence-corrected chi connectivity index (χ2v) is 10.0. The number of Topliss-reactive ketones (excluding diaryl/α,β-unsaturated/α-hetero) is 1. The number of nitro benzene ring substituents is 2. The van der Waals surface area contributed by atoms with Gasteiger partial charge in [-0.3, -0.25) is 25.0 Å². The summed E-state index contributed by atoms with van der Waals surface area (Å²) in [6.07, 6.45) is 2.73. The van der Waals surface area contributed by atoms with Crippen molar-refractivity contribution in [3.05, 3.63) is 121 Å². The molecule has 3 aromatic carbocycles. The van der Waals surface area contributed by atoms with E-state index in [0.29, 0.717) is 11.1 Å². The molecule has 10 nitrogen and oxygen atoms in total. The van der Waals surface area contributed by atoms with Crippen LogP contribution in [0.1, 0.15) is 11.1 Å². The maximum atomic E-state index is 13.4. The number of carbonyl (C=O) groups is 1. The zero-order valence-electron chi connectivity index (χ0n) is 19.0. The Kier molecular flexibility index (Phi) is 7.05. The van der Waals surface area contributed by atoms with Crippen LogP contribution < -0.4 is 0 Å². The highest BCUT2D eigenvalue weighted by Gasteiger charge is 2.34. The van der Waals surface area contributed by atoms with E-state index in [1.165, 1.54) is 60.7 Å². The number of carbonyl (C=O) groups excluding carboxylic acids is 1. The molecule has 3 aromatic rings. The third-order valence-electron chi connectivity index (χ3n) is 5.57. The quantitative estimate of drug-likeness (QED) is 0.265. The lowest BCUT2D eigenvalue weighted by Gasteiger charge is -2.29. The normalized spacial score (nSPS) is 16.7. The highest BCUT2D eigenvalue weighted by Crippen LogP contribution is 2.28. The molecule has 0 spiro atoms. The highest BCUT2D eigenvalue weighted by atomic mass is 32.2. The van der Waals surface area contributed by atoms with Gasteiger partial charge < -0.3 is 0 Å². The third-order valence-corrected chi connectivity index (χ3v) is 7.38. The van der Waals surface area contributed by atoms with Crippen LogP contribution in [0.4, 0.5) is 15.8 Å². The summed E-state index contributed by atoms with van der Waals surface area (Å²) in [6.45, 7) is -0.680. The Labute approximate surface area is 210 Å². The van der Waals surface area contributed by atoms with Crippen molar-refractivity contribution in [2.45, 2.75) is 4.90 Å². The first-order valence-corrected chi connectivity index (χ1v) is 12.2. The fourth-order valence-electron chi connectivity index (χ4n) is 3.79. The molecule has 1 aliphatic heterocycles. The molecule has 0 bridgehead atoms. The molecule has 0 aliphatic carbocycles. The molecule has 1 saturated heterocycles. The van der Waals surface area contributed by atoms with Crippen LogP contribution in [0.5, 0.6) is 0 Å². The molecule has 12 heteroatoms. The Bertz CT molecular complexity index is 1500. The van der Waals surface area contributed by atoms with E-state index in [1.807, 2.05) is 0 Å². The predicted molar refractivity (Wildman–Crippen MR) is 132 cm³/mol. The van der Waals surface area contributed by atoms with E-state index in [-0.39, 0.29) is 40.5 Å². The number of non-ortho nitro benzene ring substituents is 2.